The van der Waals surface area contributed by atoms with Crippen molar-refractivity contribution in [3.05, 3.63) is 41.5 Å². The molecule has 2 aromatic rings. The lowest BCUT2D eigenvalue weighted by molar-refractivity contribution is 0.0979. The Morgan fingerprint density at radius 1 is 1.38 bits per heavy atom. The van der Waals surface area contributed by atoms with Crippen LogP contribution in [0.3, 0.4) is 0 Å². The van der Waals surface area contributed by atoms with Gasteiger partial charge in [0.2, 0.25) is 5.89 Å². The summed E-state index contributed by atoms with van der Waals surface area (Å²) in [6.45, 7) is 5.26. The first-order valence-electron chi connectivity index (χ1n) is 8.67. The predicted octanol–water partition coefficient (Wildman–Crippen LogP) is 2.28. The number of ketones is 1. The molecule has 1 aromatic carbocycles. The second kappa shape index (κ2) is 9.66. The zero-order valence-electron chi connectivity index (χ0n) is 15.1. The van der Waals surface area contributed by atoms with E-state index < -0.39 is 0 Å². The summed E-state index contributed by atoms with van der Waals surface area (Å²) in [6, 6.07) is 7.32. The zero-order chi connectivity index (χ0) is 17.6. The van der Waals surface area contributed by atoms with Crippen molar-refractivity contribution in [2.24, 2.45) is 0 Å². The molecule has 0 spiro atoms. The number of rotatable bonds is 7. The maximum Gasteiger partial charge on any atom is 0.227 e. The van der Waals surface area contributed by atoms with Crippen LogP contribution >= 0.6 is 12.4 Å². The molecule has 1 unspecified atom stereocenters. The van der Waals surface area contributed by atoms with Gasteiger partial charge in [0.25, 0.3) is 0 Å². The van der Waals surface area contributed by atoms with E-state index in [2.05, 4.69) is 27.4 Å². The molecule has 8 heteroatoms. The van der Waals surface area contributed by atoms with Gasteiger partial charge >= 0.3 is 0 Å². The lowest BCUT2D eigenvalue weighted by Gasteiger charge is -2.30. The van der Waals surface area contributed by atoms with Gasteiger partial charge in [-0.25, -0.2) is 0 Å². The minimum absolute atomic E-state index is 0. The van der Waals surface area contributed by atoms with Crippen LogP contribution in [0.15, 0.2) is 28.8 Å². The predicted molar refractivity (Wildman–Crippen MR) is 100 cm³/mol. The van der Waals surface area contributed by atoms with Crippen LogP contribution in [-0.4, -0.2) is 54.1 Å². The maximum atomic E-state index is 12.3. The first kappa shape index (κ1) is 20.4. The third-order valence-corrected chi connectivity index (χ3v) is 4.35. The van der Waals surface area contributed by atoms with Gasteiger partial charge in [-0.2, -0.15) is 4.98 Å². The normalized spacial score (nSPS) is 17.5. The van der Waals surface area contributed by atoms with Gasteiger partial charge in [-0.1, -0.05) is 5.16 Å². The molecule has 1 aliphatic heterocycles. The highest BCUT2D eigenvalue weighted by atomic mass is 35.5. The molecule has 3 rings (SSSR count). The van der Waals surface area contributed by atoms with E-state index in [1.54, 1.807) is 12.1 Å². The van der Waals surface area contributed by atoms with Crippen molar-refractivity contribution in [2.75, 3.05) is 33.3 Å². The molecular formula is C18H25ClN4O3. The Kier molecular flexibility index (Phi) is 7.56. The summed E-state index contributed by atoms with van der Waals surface area (Å²) < 4.78 is 10.7. The topological polar surface area (TPSA) is 80.5 Å². The number of hydrogen-bond donors (Lipinski definition) is 1. The molecule has 26 heavy (non-hydrogen) atoms. The number of nitrogens with one attached hydrogen (secondary N) is 1. The number of benzene rings is 1. The van der Waals surface area contributed by atoms with Crippen molar-refractivity contribution >= 4 is 18.2 Å². The molecule has 0 amide bonds. The van der Waals surface area contributed by atoms with E-state index in [1.807, 2.05) is 19.1 Å². The van der Waals surface area contributed by atoms with Gasteiger partial charge in [-0.3, -0.25) is 9.69 Å². The average Bonchev–Trinajstić information content (AvgIpc) is 3.10. The average molecular weight is 381 g/mol. The molecule has 142 valence electrons. The minimum atomic E-state index is 0. The van der Waals surface area contributed by atoms with Crippen LogP contribution in [0, 0.1) is 0 Å². The van der Waals surface area contributed by atoms with Crippen LogP contribution in [0.25, 0.3) is 0 Å². The summed E-state index contributed by atoms with van der Waals surface area (Å²) >= 11 is 0. The summed E-state index contributed by atoms with van der Waals surface area (Å²) in [7, 11) is 2.05. The van der Waals surface area contributed by atoms with E-state index in [1.165, 1.54) is 0 Å². The van der Waals surface area contributed by atoms with Gasteiger partial charge in [-0.05, 0) is 38.2 Å². The van der Waals surface area contributed by atoms with E-state index in [-0.39, 0.29) is 24.2 Å². The summed E-state index contributed by atoms with van der Waals surface area (Å²) in [5, 5.41) is 7.41. The molecule has 7 nitrogen and oxygen atoms in total. The van der Waals surface area contributed by atoms with Gasteiger partial charge in [0.05, 0.1) is 12.6 Å². The lowest BCUT2D eigenvalue weighted by Crippen LogP contribution is -2.44. The van der Waals surface area contributed by atoms with E-state index in [9.17, 15) is 4.79 Å². The van der Waals surface area contributed by atoms with Crippen molar-refractivity contribution in [3.8, 4) is 5.75 Å². The fourth-order valence-corrected chi connectivity index (χ4v) is 2.87. The van der Waals surface area contributed by atoms with E-state index in [0.29, 0.717) is 36.7 Å². The van der Waals surface area contributed by atoms with Crippen LogP contribution in [0.1, 0.15) is 41.5 Å². The SMILES string of the molecule is CCOc1ccc(C(=O)CCc2nc(C3CNCCN3C)no2)cc1.Cl. The number of carbonyl (C=O) groups excluding carboxylic acids is 1. The number of ether oxygens (including phenoxy) is 1. The number of hydrogen-bond acceptors (Lipinski definition) is 7. The van der Waals surface area contributed by atoms with Gasteiger partial charge in [0, 0.05) is 38.0 Å². The summed E-state index contributed by atoms with van der Waals surface area (Å²) in [6.07, 6.45) is 0.789. The molecule has 0 radical (unpaired) electrons. The number of piperazine rings is 1. The highest BCUT2D eigenvalue weighted by Gasteiger charge is 2.25. The fourth-order valence-electron chi connectivity index (χ4n) is 2.87. The summed E-state index contributed by atoms with van der Waals surface area (Å²) in [5.41, 5.74) is 0.666. The highest BCUT2D eigenvalue weighted by molar-refractivity contribution is 5.96. The monoisotopic (exact) mass is 380 g/mol. The molecule has 1 atom stereocenters. The summed E-state index contributed by atoms with van der Waals surface area (Å²) in [5.74, 6) is 2.01. The smallest absolute Gasteiger partial charge is 0.227 e. The van der Waals surface area contributed by atoms with Crippen molar-refractivity contribution in [2.45, 2.75) is 25.8 Å². The molecule has 1 N–H and O–H groups in total. The van der Waals surface area contributed by atoms with Crippen molar-refractivity contribution in [3.63, 3.8) is 0 Å². The fraction of sp³-hybridized carbons (Fsp3) is 0.500. The van der Waals surface area contributed by atoms with E-state index in [4.69, 9.17) is 9.26 Å². The second-order valence-electron chi connectivity index (χ2n) is 6.13. The Labute approximate surface area is 159 Å². The van der Waals surface area contributed by atoms with Crippen LogP contribution in [0.2, 0.25) is 0 Å². The van der Waals surface area contributed by atoms with Crippen LogP contribution in [-0.2, 0) is 6.42 Å². The number of nitrogens with zero attached hydrogens (tertiary/aromatic N) is 3. The van der Waals surface area contributed by atoms with Crippen LogP contribution in [0.5, 0.6) is 5.75 Å². The van der Waals surface area contributed by atoms with E-state index >= 15 is 0 Å². The molecular weight excluding hydrogens is 356 g/mol. The quantitative estimate of drug-likeness (QED) is 0.738. The Balaban J connectivity index is 0.00000243. The number of Topliss-reactive ketones (excluding diaryl/α,β-unsaturated/α-hetero) is 1. The first-order valence-corrected chi connectivity index (χ1v) is 8.67. The van der Waals surface area contributed by atoms with Gasteiger partial charge in [0.1, 0.15) is 5.75 Å². The van der Waals surface area contributed by atoms with Crippen molar-refractivity contribution in [1.29, 1.82) is 0 Å². The minimum Gasteiger partial charge on any atom is -0.494 e. The number of aryl methyl sites for hydroxylation is 1. The Morgan fingerprint density at radius 3 is 2.85 bits per heavy atom. The van der Waals surface area contributed by atoms with Crippen molar-refractivity contribution < 1.29 is 14.1 Å². The molecule has 1 fully saturated rings. The third-order valence-electron chi connectivity index (χ3n) is 4.35. The number of carbonyl (C=O) groups is 1. The third kappa shape index (κ3) is 5.03. The Bertz CT molecular complexity index is 705. The van der Waals surface area contributed by atoms with Gasteiger partial charge in [0.15, 0.2) is 11.6 Å². The van der Waals surface area contributed by atoms with Gasteiger partial charge < -0.3 is 14.6 Å². The molecule has 2 heterocycles. The van der Waals surface area contributed by atoms with Crippen LogP contribution in [0.4, 0.5) is 0 Å². The number of likely N-dealkylation sites (N-methyl/N-ethyl adjacent to an activating group) is 1. The number of aromatic nitrogens is 2. The van der Waals surface area contributed by atoms with Gasteiger partial charge in [-0.15, -0.1) is 12.4 Å². The first-order chi connectivity index (χ1) is 12.2. The lowest BCUT2D eigenvalue weighted by atomic mass is 10.1. The maximum absolute atomic E-state index is 12.3. The zero-order valence-corrected chi connectivity index (χ0v) is 15.9. The summed E-state index contributed by atoms with van der Waals surface area (Å²) in [4.78, 5) is 19.0. The molecule has 0 saturated carbocycles. The second-order valence-corrected chi connectivity index (χ2v) is 6.13. The van der Waals surface area contributed by atoms with Crippen molar-refractivity contribution in [1.82, 2.24) is 20.4 Å². The largest absolute Gasteiger partial charge is 0.494 e. The molecule has 0 aliphatic carbocycles. The van der Waals surface area contributed by atoms with Crippen LogP contribution < -0.4 is 10.1 Å². The molecule has 1 saturated heterocycles. The molecule has 1 aromatic heterocycles. The molecule has 0 bridgehead atoms. The Morgan fingerprint density at radius 2 is 2.15 bits per heavy atom. The number of halogens is 1. The standard InChI is InChI=1S/C18H24N4O3.ClH/c1-3-24-14-6-4-13(5-7-14)16(23)8-9-17-20-18(21-25-17)15-12-19-10-11-22(15)2;/h4-7,15,19H,3,8-12H2,1-2H3;1H. The Hall–Kier alpha value is -1.96. The molecule has 1 aliphatic rings. The van der Waals surface area contributed by atoms with E-state index in [0.717, 1.165) is 25.4 Å². The highest BCUT2D eigenvalue weighted by Crippen LogP contribution is 2.18.